The van der Waals surface area contributed by atoms with E-state index >= 15 is 0 Å². The fraction of sp³-hybridized carbons (Fsp3) is 0.571. The first-order valence-corrected chi connectivity index (χ1v) is 6.75. The second-order valence-electron chi connectivity index (χ2n) is 4.58. The lowest BCUT2D eigenvalue weighted by Crippen LogP contribution is -2.46. The van der Waals surface area contributed by atoms with Gasteiger partial charge in [-0.2, -0.15) is 0 Å². The molecule has 0 saturated heterocycles. The Balaban J connectivity index is 1.61. The number of nitrogens with one attached hydrogen (secondary N) is 1. The average Bonchev–Trinajstić information content (AvgIpc) is 2.26. The molecule has 3 heteroatoms. The van der Waals surface area contributed by atoms with Crippen molar-refractivity contribution in [1.29, 1.82) is 0 Å². The third kappa shape index (κ3) is 3.98. The third-order valence-electron chi connectivity index (χ3n) is 3.23. The van der Waals surface area contributed by atoms with E-state index in [0.717, 1.165) is 37.4 Å². The Bertz CT molecular complexity index is 350. The zero-order valence-electron chi connectivity index (χ0n) is 10.3. The molecule has 0 spiro atoms. The molecule has 0 bridgehead atoms. The highest BCUT2D eigenvalue weighted by atomic mass is 35.5. The van der Waals surface area contributed by atoms with Crippen LogP contribution in [0.3, 0.4) is 0 Å². The van der Waals surface area contributed by atoms with Crippen molar-refractivity contribution < 1.29 is 4.74 Å². The molecule has 0 atom stereocenters. The summed E-state index contributed by atoms with van der Waals surface area (Å²) >= 11 is 5.94. The van der Waals surface area contributed by atoms with E-state index in [0.29, 0.717) is 12.1 Å². The van der Waals surface area contributed by atoms with Gasteiger partial charge >= 0.3 is 0 Å². The zero-order valence-corrected chi connectivity index (χ0v) is 11.0. The van der Waals surface area contributed by atoms with Crippen LogP contribution in [-0.4, -0.2) is 25.3 Å². The summed E-state index contributed by atoms with van der Waals surface area (Å²) in [4.78, 5) is 0. The van der Waals surface area contributed by atoms with E-state index in [1.807, 2.05) is 18.2 Å². The maximum Gasteiger partial charge on any atom is 0.0604 e. The minimum atomic E-state index is 0.490. The molecule has 1 aromatic rings. The van der Waals surface area contributed by atoms with Gasteiger partial charge in [-0.1, -0.05) is 23.7 Å². The first-order valence-electron chi connectivity index (χ1n) is 6.37. The van der Waals surface area contributed by atoms with Crippen LogP contribution in [-0.2, 0) is 11.2 Å². The summed E-state index contributed by atoms with van der Waals surface area (Å²) in [7, 11) is 0. The summed E-state index contributed by atoms with van der Waals surface area (Å²) in [5.74, 6) is 0. The fourth-order valence-corrected chi connectivity index (χ4v) is 2.43. The van der Waals surface area contributed by atoms with Gasteiger partial charge in [-0.25, -0.2) is 0 Å². The monoisotopic (exact) mass is 253 g/mol. The molecule has 0 aromatic heterocycles. The van der Waals surface area contributed by atoms with E-state index in [4.69, 9.17) is 16.3 Å². The van der Waals surface area contributed by atoms with Gasteiger partial charge in [-0.15, -0.1) is 0 Å². The van der Waals surface area contributed by atoms with Crippen LogP contribution in [0.5, 0.6) is 0 Å². The van der Waals surface area contributed by atoms with Crippen LogP contribution < -0.4 is 5.32 Å². The molecular formula is C14H20ClNO. The van der Waals surface area contributed by atoms with Crippen molar-refractivity contribution >= 4 is 11.6 Å². The summed E-state index contributed by atoms with van der Waals surface area (Å²) in [5.41, 5.74) is 1.30. The molecule has 1 aliphatic rings. The zero-order chi connectivity index (χ0) is 12.1. The van der Waals surface area contributed by atoms with Gasteiger partial charge in [0, 0.05) is 17.7 Å². The van der Waals surface area contributed by atoms with Crippen LogP contribution in [0.4, 0.5) is 0 Å². The van der Waals surface area contributed by atoms with Gasteiger partial charge in [-0.05, 0) is 50.4 Å². The first-order chi connectivity index (χ1) is 8.28. The minimum Gasteiger partial charge on any atom is -0.378 e. The van der Waals surface area contributed by atoms with Gasteiger partial charge < -0.3 is 10.1 Å². The summed E-state index contributed by atoms with van der Waals surface area (Å²) < 4.78 is 5.53. The van der Waals surface area contributed by atoms with Crippen molar-refractivity contribution in [2.45, 2.75) is 38.3 Å². The first kappa shape index (κ1) is 12.9. The summed E-state index contributed by atoms with van der Waals surface area (Å²) in [6, 6.07) is 8.72. The molecule has 1 N–H and O–H groups in total. The summed E-state index contributed by atoms with van der Waals surface area (Å²) in [6.45, 7) is 3.91. The molecule has 94 valence electrons. The van der Waals surface area contributed by atoms with Gasteiger partial charge in [-0.3, -0.25) is 0 Å². The molecule has 1 fully saturated rings. The quantitative estimate of drug-likeness (QED) is 0.842. The Morgan fingerprint density at radius 1 is 1.41 bits per heavy atom. The Morgan fingerprint density at radius 2 is 2.24 bits per heavy atom. The molecule has 2 nitrogen and oxygen atoms in total. The molecule has 0 unspecified atom stereocenters. The Kier molecular flexibility index (Phi) is 4.84. The van der Waals surface area contributed by atoms with Crippen molar-refractivity contribution in [1.82, 2.24) is 5.32 Å². The Labute approximate surface area is 108 Å². The molecule has 0 heterocycles. The lowest BCUT2D eigenvalue weighted by Gasteiger charge is -2.35. The summed E-state index contributed by atoms with van der Waals surface area (Å²) in [5, 5.41) is 4.37. The number of hydrogen-bond donors (Lipinski definition) is 1. The van der Waals surface area contributed by atoms with E-state index < -0.39 is 0 Å². The van der Waals surface area contributed by atoms with Crippen LogP contribution in [0.1, 0.15) is 25.3 Å². The van der Waals surface area contributed by atoms with Crippen molar-refractivity contribution in [2.75, 3.05) is 13.2 Å². The number of benzene rings is 1. The van der Waals surface area contributed by atoms with Crippen molar-refractivity contribution in [3.05, 3.63) is 34.9 Å². The van der Waals surface area contributed by atoms with E-state index in [2.05, 4.69) is 18.3 Å². The highest BCUT2D eigenvalue weighted by Crippen LogP contribution is 2.23. The van der Waals surface area contributed by atoms with Crippen LogP contribution in [0.15, 0.2) is 24.3 Å². The smallest absolute Gasteiger partial charge is 0.0604 e. The number of halogens is 1. The van der Waals surface area contributed by atoms with E-state index in [-0.39, 0.29) is 0 Å². The van der Waals surface area contributed by atoms with E-state index in [1.165, 1.54) is 5.56 Å². The third-order valence-corrected chi connectivity index (χ3v) is 3.47. The number of hydrogen-bond acceptors (Lipinski definition) is 2. The highest BCUT2D eigenvalue weighted by Gasteiger charge is 2.28. The molecule has 17 heavy (non-hydrogen) atoms. The fourth-order valence-electron chi connectivity index (χ4n) is 2.22. The molecule has 2 rings (SSSR count). The molecule has 1 aromatic carbocycles. The lowest BCUT2D eigenvalue weighted by atomic mass is 9.89. The molecule has 1 aliphatic carbocycles. The van der Waals surface area contributed by atoms with Gasteiger partial charge in [0.05, 0.1) is 6.10 Å². The predicted octanol–water partition coefficient (Wildman–Crippen LogP) is 3.04. The van der Waals surface area contributed by atoms with E-state index in [1.54, 1.807) is 0 Å². The second kappa shape index (κ2) is 6.39. The topological polar surface area (TPSA) is 21.3 Å². The Hall–Kier alpha value is -0.570. The van der Waals surface area contributed by atoms with Gasteiger partial charge in [0.2, 0.25) is 0 Å². The van der Waals surface area contributed by atoms with Crippen LogP contribution in [0, 0.1) is 0 Å². The van der Waals surface area contributed by atoms with Crippen LogP contribution in [0.2, 0.25) is 5.02 Å². The van der Waals surface area contributed by atoms with Crippen LogP contribution in [0.25, 0.3) is 0 Å². The lowest BCUT2D eigenvalue weighted by molar-refractivity contribution is -0.00960. The standard InChI is InChI=1S/C14H20ClNO/c1-2-17-14-9-13(10-14)16-7-6-11-4-3-5-12(15)8-11/h3-5,8,13-14,16H,2,6-7,9-10H2,1H3. The minimum absolute atomic E-state index is 0.490. The number of rotatable bonds is 6. The van der Waals surface area contributed by atoms with Crippen molar-refractivity contribution in [3.8, 4) is 0 Å². The Morgan fingerprint density at radius 3 is 2.94 bits per heavy atom. The largest absolute Gasteiger partial charge is 0.378 e. The second-order valence-corrected chi connectivity index (χ2v) is 5.02. The van der Waals surface area contributed by atoms with Gasteiger partial charge in [0.25, 0.3) is 0 Å². The molecule has 0 aliphatic heterocycles. The maximum atomic E-state index is 5.94. The van der Waals surface area contributed by atoms with Gasteiger partial charge in [0.1, 0.15) is 0 Å². The maximum absolute atomic E-state index is 5.94. The highest BCUT2D eigenvalue weighted by molar-refractivity contribution is 6.30. The van der Waals surface area contributed by atoms with Crippen molar-refractivity contribution in [3.63, 3.8) is 0 Å². The average molecular weight is 254 g/mol. The molecule has 1 saturated carbocycles. The normalized spacial score (nSPS) is 23.4. The predicted molar refractivity (Wildman–Crippen MR) is 71.6 cm³/mol. The SMILES string of the molecule is CCOC1CC(NCCc2cccc(Cl)c2)C1. The van der Waals surface area contributed by atoms with Crippen molar-refractivity contribution in [2.24, 2.45) is 0 Å². The van der Waals surface area contributed by atoms with Crippen LogP contribution >= 0.6 is 11.6 Å². The molecule has 0 radical (unpaired) electrons. The summed E-state index contributed by atoms with van der Waals surface area (Å²) in [6.07, 6.45) is 3.84. The molecule has 0 amide bonds. The number of ether oxygens (including phenoxy) is 1. The van der Waals surface area contributed by atoms with E-state index in [9.17, 15) is 0 Å². The van der Waals surface area contributed by atoms with Gasteiger partial charge in [0.15, 0.2) is 0 Å². The molecular weight excluding hydrogens is 234 g/mol.